The van der Waals surface area contributed by atoms with Crippen LogP contribution in [0.15, 0.2) is 47.5 Å². The SMILES string of the molecule is CN=C(NCCc1ccc2ccccc2c1)NCC1(CCO)CCOC1.I. The molecule has 148 valence electrons. The molecule has 5 nitrogen and oxygen atoms in total. The largest absolute Gasteiger partial charge is 0.396 e. The minimum Gasteiger partial charge on any atom is -0.396 e. The summed E-state index contributed by atoms with van der Waals surface area (Å²) < 4.78 is 5.54. The number of halogens is 1. The van der Waals surface area contributed by atoms with Gasteiger partial charge >= 0.3 is 0 Å². The number of guanidine groups is 1. The number of aliphatic hydroxyl groups is 1. The van der Waals surface area contributed by atoms with E-state index in [9.17, 15) is 5.11 Å². The third kappa shape index (κ3) is 6.05. The predicted molar refractivity (Wildman–Crippen MR) is 122 cm³/mol. The fourth-order valence-corrected chi connectivity index (χ4v) is 3.52. The van der Waals surface area contributed by atoms with Crippen molar-refractivity contribution < 1.29 is 9.84 Å². The monoisotopic (exact) mass is 483 g/mol. The lowest BCUT2D eigenvalue weighted by atomic mass is 9.84. The minimum absolute atomic E-state index is 0. The minimum atomic E-state index is 0. The first-order chi connectivity index (χ1) is 12.7. The van der Waals surface area contributed by atoms with E-state index in [2.05, 4.69) is 58.1 Å². The van der Waals surface area contributed by atoms with Gasteiger partial charge in [-0.05, 0) is 35.6 Å². The fraction of sp³-hybridized carbons (Fsp3) is 0.476. The van der Waals surface area contributed by atoms with Crippen LogP contribution in [0.25, 0.3) is 10.8 Å². The van der Waals surface area contributed by atoms with Crippen LogP contribution in [0.2, 0.25) is 0 Å². The standard InChI is InChI=1S/C21H29N3O2.HI/c1-22-20(24-15-21(9-12-25)10-13-26-16-21)23-11-8-17-6-7-18-4-2-3-5-19(18)14-17;/h2-7,14,25H,8-13,15-16H2,1H3,(H2,22,23,24);1H. The summed E-state index contributed by atoms with van der Waals surface area (Å²) in [5.74, 6) is 0.801. The van der Waals surface area contributed by atoms with Gasteiger partial charge in [0.05, 0.1) is 6.61 Å². The molecule has 1 atom stereocenters. The van der Waals surface area contributed by atoms with Crippen LogP contribution in [0.1, 0.15) is 18.4 Å². The van der Waals surface area contributed by atoms with Gasteiger partial charge in [0.25, 0.3) is 0 Å². The number of aliphatic hydroxyl groups excluding tert-OH is 1. The van der Waals surface area contributed by atoms with Crippen LogP contribution in [0.5, 0.6) is 0 Å². The quantitative estimate of drug-likeness (QED) is 0.322. The van der Waals surface area contributed by atoms with Gasteiger partial charge in [0, 0.05) is 38.8 Å². The number of rotatable bonds is 7. The molecule has 1 heterocycles. The van der Waals surface area contributed by atoms with Crippen molar-refractivity contribution in [3.8, 4) is 0 Å². The molecule has 1 aliphatic rings. The van der Waals surface area contributed by atoms with Gasteiger partial charge in [-0.2, -0.15) is 0 Å². The van der Waals surface area contributed by atoms with Crippen molar-refractivity contribution in [3.63, 3.8) is 0 Å². The second-order valence-corrected chi connectivity index (χ2v) is 7.06. The Labute approximate surface area is 178 Å². The van der Waals surface area contributed by atoms with E-state index in [1.54, 1.807) is 7.05 Å². The van der Waals surface area contributed by atoms with Crippen LogP contribution in [0.4, 0.5) is 0 Å². The zero-order valence-corrected chi connectivity index (χ0v) is 18.2. The zero-order valence-electron chi connectivity index (χ0n) is 15.9. The van der Waals surface area contributed by atoms with E-state index in [1.807, 2.05) is 0 Å². The highest BCUT2D eigenvalue weighted by Crippen LogP contribution is 2.31. The average Bonchev–Trinajstić information content (AvgIpc) is 3.13. The fourth-order valence-electron chi connectivity index (χ4n) is 3.52. The van der Waals surface area contributed by atoms with E-state index in [4.69, 9.17) is 4.74 Å². The summed E-state index contributed by atoms with van der Waals surface area (Å²) in [6.45, 7) is 3.26. The first-order valence-corrected chi connectivity index (χ1v) is 9.35. The topological polar surface area (TPSA) is 65.9 Å². The summed E-state index contributed by atoms with van der Waals surface area (Å²) in [6, 6.07) is 15.0. The lowest BCUT2D eigenvalue weighted by Crippen LogP contribution is -2.45. The Bertz CT molecular complexity index is 745. The normalized spacial score (nSPS) is 19.7. The molecule has 1 unspecified atom stereocenters. The molecule has 0 aromatic heterocycles. The summed E-state index contributed by atoms with van der Waals surface area (Å²) in [6.07, 6.45) is 2.68. The molecule has 1 saturated heterocycles. The van der Waals surface area contributed by atoms with Crippen molar-refractivity contribution in [3.05, 3.63) is 48.0 Å². The Morgan fingerprint density at radius 1 is 1.19 bits per heavy atom. The third-order valence-electron chi connectivity index (χ3n) is 5.20. The molecule has 0 radical (unpaired) electrons. The number of ether oxygens (including phenoxy) is 1. The Morgan fingerprint density at radius 2 is 2.00 bits per heavy atom. The molecular formula is C21H30IN3O2. The van der Waals surface area contributed by atoms with Gasteiger partial charge < -0.3 is 20.5 Å². The van der Waals surface area contributed by atoms with E-state index in [0.717, 1.165) is 44.9 Å². The zero-order chi connectivity index (χ0) is 18.2. The summed E-state index contributed by atoms with van der Waals surface area (Å²) in [5.41, 5.74) is 1.33. The van der Waals surface area contributed by atoms with Crippen molar-refractivity contribution in [2.75, 3.05) is 40.0 Å². The molecule has 0 amide bonds. The van der Waals surface area contributed by atoms with Gasteiger partial charge in [-0.15, -0.1) is 24.0 Å². The number of hydrogen-bond donors (Lipinski definition) is 3. The van der Waals surface area contributed by atoms with E-state index in [-0.39, 0.29) is 36.0 Å². The van der Waals surface area contributed by atoms with Crippen molar-refractivity contribution >= 4 is 40.7 Å². The summed E-state index contributed by atoms with van der Waals surface area (Å²) in [5, 5.41) is 18.7. The highest BCUT2D eigenvalue weighted by molar-refractivity contribution is 14.0. The van der Waals surface area contributed by atoms with E-state index < -0.39 is 0 Å². The highest BCUT2D eigenvalue weighted by atomic mass is 127. The smallest absolute Gasteiger partial charge is 0.191 e. The van der Waals surface area contributed by atoms with Crippen molar-refractivity contribution in [2.24, 2.45) is 10.4 Å². The maximum Gasteiger partial charge on any atom is 0.191 e. The first kappa shape index (κ1) is 21.9. The van der Waals surface area contributed by atoms with E-state index in [0.29, 0.717) is 6.61 Å². The molecule has 27 heavy (non-hydrogen) atoms. The van der Waals surface area contributed by atoms with E-state index in [1.165, 1.54) is 16.3 Å². The van der Waals surface area contributed by atoms with Gasteiger partial charge in [-0.25, -0.2) is 0 Å². The molecule has 3 N–H and O–H groups in total. The van der Waals surface area contributed by atoms with Crippen LogP contribution >= 0.6 is 24.0 Å². The number of fused-ring (bicyclic) bond motifs is 1. The van der Waals surface area contributed by atoms with Crippen LogP contribution in [-0.4, -0.2) is 51.0 Å². The molecule has 6 heteroatoms. The Kier molecular flexibility index (Phi) is 8.79. The molecule has 0 aliphatic carbocycles. The Balaban J connectivity index is 0.00000261. The molecule has 1 fully saturated rings. The van der Waals surface area contributed by atoms with Gasteiger partial charge in [0.1, 0.15) is 0 Å². The number of nitrogens with zero attached hydrogens (tertiary/aromatic N) is 1. The maximum atomic E-state index is 9.33. The van der Waals surface area contributed by atoms with Crippen molar-refractivity contribution in [1.29, 1.82) is 0 Å². The molecule has 1 aliphatic heterocycles. The molecule has 3 rings (SSSR count). The lowest BCUT2D eigenvalue weighted by molar-refractivity contribution is 0.127. The maximum absolute atomic E-state index is 9.33. The molecule has 0 saturated carbocycles. The van der Waals surface area contributed by atoms with Gasteiger partial charge in [0.15, 0.2) is 5.96 Å². The van der Waals surface area contributed by atoms with E-state index >= 15 is 0 Å². The first-order valence-electron chi connectivity index (χ1n) is 9.35. The number of hydrogen-bond acceptors (Lipinski definition) is 3. The van der Waals surface area contributed by atoms with Gasteiger partial charge in [-0.3, -0.25) is 4.99 Å². The predicted octanol–water partition coefficient (Wildman–Crippen LogP) is 2.95. The summed E-state index contributed by atoms with van der Waals surface area (Å²) in [4.78, 5) is 4.31. The average molecular weight is 483 g/mol. The molecule has 0 spiro atoms. The molecule has 2 aromatic rings. The number of aliphatic imine (C=N–C) groups is 1. The van der Waals surface area contributed by atoms with Crippen LogP contribution in [0, 0.1) is 5.41 Å². The lowest BCUT2D eigenvalue weighted by Gasteiger charge is -2.27. The summed E-state index contributed by atoms with van der Waals surface area (Å²) >= 11 is 0. The second-order valence-electron chi connectivity index (χ2n) is 7.06. The van der Waals surface area contributed by atoms with Gasteiger partial charge in [-0.1, -0.05) is 42.5 Å². The molecule has 2 aromatic carbocycles. The van der Waals surface area contributed by atoms with Crippen LogP contribution in [0.3, 0.4) is 0 Å². The van der Waals surface area contributed by atoms with Crippen molar-refractivity contribution in [1.82, 2.24) is 10.6 Å². The molecule has 0 bridgehead atoms. The Hall–Kier alpha value is -1.38. The molecular weight excluding hydrogens is 453 g/mol. The number of benzene rings is 2. The van der Waals surface area contributed by atoms with Crippen molar-refractivity contribution in [2.45, 2.75) is 19.3 Å². The number of nitrogens with one attached hydrogen (secondary N) is 2. The third-order valence-corrected chi connectivity index (χ3v) is 5.20. The van der Waals surface area contributed by atoms with Gasteiger partial charge in [0.2, 0.25) is 0 Å². The van der Waals surface area contributed by atoms with Crippen LogP contribution in [-0.2, 0) is 11.2 Å². The highest BCUT2D eigenvalue weighted by Gasteiger charge is 2.34. The summed E-state index contributed by atoms with van der Waals surface area (Å²) in [7, 11) is 1.79. The van der Waals surface area contributed by atoms with Crippen LogP contribution < -0.4 is 10.6 Å². The Morgan fingerprint density at radius 3 is 2.70 bits per heavy atom. The second kappa shape index (κ2) is 10.8.